The van der Waals surface area contributed by atoms with Crippen LogP contribution in [0.15, 0.2) is 24.3 Å². The number of hydrogen-bond donors (Lipinski definition) is 3. The highest BCUT2D eigenvalue weighted by atomic mass is 28.3. The number of hydrogen-bond acceptors (Lipinski definition) is 4. The maximum Gasteiger partial charge on any atom is 0.119 e. The van der Waals surface area contributed by atoms with E-state index in [4.69, 9.17) is 10.5 Å². The molecule has 0 radical (unpaired) electrons. The Balaban J connectivity index is 2.33. The quantitative estimate of drug-likeness (QED) is 0.368. The van der Waals surface area contributed by atoms with Gasteiger partial charge >= 0.3 is 0 Å². The van der Waals surface area contributed by atoms with Crippen molar-refractivity contribution in [1.82, 2.24) is 0 Å². The Hall–Kier alpha value is -0.883. The molecule has 0 aliphatic rings. The lowest BCUT2D eigenvalue weighted by molar-refractivity contribution is 0.115. The molecular weight excluding hydrogens is 330 g/mol. The van der Waals surface area contributed by atoms with Gasteiger partial charge in [-0.05, 0) is 37.0 Å². The van der Waals surface area contributed by atoms with Gasteiger partial charge in [0.15, 0.2) is 0 Å². The lowest BCUT2D eigenvalue weighted by atomic mass is 9.94. The van der Waals surface area contributed by atoms with Crippen LogP contribution in [0.3, 0.4) is 0 Å². The van der Waals surface area contributed by atoms with Crippen molar-refractivity contribution in [2.45, 2.75) is 69.7 Å². The fourth-order valence-electron chi connectivity index (χ4n) is 2.87. The second-order valence-electron chi connectivity index (χ2n) is 8.04. The second kappa shape index (κ2) is 11.0. The van der Waals surface area contributed by atoms with Crippen LogP contribution in [0.1, 0.15) is 38.2 Å². The molecule has 0 aliphatic heterocycles. The van der Waals surface area contributed by atoms with E-state index in [1.165, 1.54) is 24.9 Å². The first-order valence-corrected chi connectivity index (χ1v) is 13.0. The van der Waals surface area contributed by atoms with Crippen molar-refractivity contribution < 1.29 is 14.9 Å². The molecular formula is C20H37NO3Si. The van der Waals surface area contributed by atoms with Crippen molar-refractivity contribution in [2.75, 3.05) is 19.8 Å². The molecule has 0 aliphatic carbocycles. The Morgan fingerprint density at radius 1 is 1.04 bits per heavy atom. The van der Waals surface area contributed by atoms with E-state index in [0.29, 0.717) is 6.42 Å². The van der Waals surface area contributed by atoms with Gasteiger partial charge in [0.05, 0.1) is 25.4 Å². The molecule has 1 rings (SSSR count). The third kappa shape index (κ3) is 8.86. The number of rotatable bonds is 13. The van der Waals surface area contributed by atoms with Crippen LogP contribution in [-0.2, 0) is 6.42 Å². The molecule has 144 valence electrons. The molecule has 5 heteroatoms. The minimum atomic E-state index is -1.04. The predicted octanol–water partition coefficient (Wildman–Crippen LogP) is 3.58. The van der Waals surface area contributed by atoms with Gasteiger partial charge in [0, 0.05) is 8.07 Å². The summed E-state index contributed by atoms with van der Waals surface area (Å²) in [6.07, 6.45) is 5.07. The van der Waals surface area contributed by atoms with E-state index >= 15 is 0 Å². The standard InChI is InChI=1S/C20H37NO3Si/c1-4-5-14-25(2,3)15-6-13-24-19-9-7-18(8-10-19)11-12-20(21,16-22)17-23/h7-10,22-23H,4-6,11-17,21H2,1-3H3. The molecule has 0 saturated carbocycles. The number of aryl methyl sites for hydroxylation is 1. The molecule has 0 unspecified atom stereocenters. The summed E-state index contributed by atoms with van der Waals surface area (Å²) in [4.78, 5) is 0. The van der Waals surface area contributed by atoms with Gasteiger partial charge in [-0.3, -0.25) is 0 Å². The predicted molar refractivity (Wildman–Crippen MR) is 108 cm³/mol. The molecule has 0 spiro atoms. The maximum absolute atomic E-state index is 9.23. The van der Waals surface area contributed by atoms with Crippen molar-refractivity contribution >= 4 is 8.07 Å². The summed E-state index contributed by atoms with van der Waals surface area (Å²) in [6, 6.07) is 10.8. The Labute approximate surface area is 154 Å². The highest BCUT2D eigenvalue weighted by Crippen LogP contribution is 2.21. The van der Waals surface area contributed by atoms with E-state index in [2.05, 4.69) is 20.0 Å². The van der Waals surface area contributed by atoms with Gasteiger partial charge in [-0.1, -0.05) is 57.1 Å². The van der Waals surface area contributed by atoms with Gasteiger partial charge in [-0.25, -0.2) is 0 Å². The van der Waals surface area contributed by atoms with E-state index in [1.54, 1.807) is 0 Å². The van der Waals surface area contributed by atoms with Crippen molar-refractivity contribution in [2.24, 2.45) is 5.73 Å². The fourth-order valence-corrected chi connectivity index (χ4v) is 5.54. The summed E-state index contributed by atoms with van der Waals surface area (Å²) in [5, 5.41) is 18.5. The zero-order valence-electron chi connectivity index (χ0n) is 16.3. The third-order valence-corrected chi connectivity index (χ3v) is 8.35. The van der Waals surface area contributed by atoms with Gasteiger partial charge in [0.1, 0.15) is 5.75 Å². The highest BCUT2D eigenvalue weighted by molar-refractivity contribution is 6.77. The molecule has 0 saturated heterocycles. The smallest absolute Gasteiger partial charge is 0.119 e. The summed E-state index contributed by atoms with van der Waals surface area (Å²) in [5.41, 5.74) is 6.14. The van der Waals surface area contributed by atoms with Crippen molar-refractivity contribution in [3.05, 3.63) is 29.8 Å². The fraction of sp³-hybridized carbons (Fsp3) is 0.700. The third-order valence-electron chi connectivity index (χ3n) is 4.94. The molecule has 0 amide bonds. The van der Waals surface area contributed by atoms with Gasteiger partial charge in [-0.2, -0.15) is 0 Å². The van der Waals surface area contributed by atoms with E-state index in [1.807, 2.05) is 24.3 Å². The zero-order chi connectivity index (χ0) is 18.8. The average molecular weight is 368 g/mol. The molecule has 0 heterocycles. The molecule has 4 nitrogen and oxygen atoms in total. The Kier molecular flexibility index (Phi) is 9.72. The number of benzene rings is 1. The average Bonchev–Trinajstić information content (AvgIpc) is 2.62. The van der Waals surface area contributed by atoms with Gasteiger partial charge in [-0.15, -0.1) is 0 Å². The van der Waals surface area contributed by atoms with Crippen molar-refractivity contribution in [3.8, 4) is 5.75 Å². The maximum atomic E-state index is 9.23. The number of aliphatic hydroxyl groups is 2. The van der Waals surface area contributed by atoms with Crippen LogP contribution in [-0.4, -0.2) is 43.6 Å². The molecule has 25 heavy (non-hydrogen) atoms. The first kappa shape index (κ1) is 22.2. The van der Waals surface area contributed by atoms with Gasteiger partial charge < -0.3 is 20.7 Å². The summed E-state index contributed by atoms with van der Waals surface area (Å²) < 4.78 is 5.87. The lowest BCUT2D eigenvalue weighted by Crippen LogP contribution is -2.47. The van der Waals surface area contributed by atoms with Crippen LogP contribution in [0.2, 0.25) is 25.2 Å². The SMILES string of the molecule is CCCC[Si](C)(C)CCCOc1ccc(CCC(N)(CO)CO)cc1. The summed E-state index contributed by atoms with van der Waals surface area (Å²) in [7, 11) is -1.04. The van der Waals surface area contributed by atoms with E-state index in [-0.39, 0.29) is 13.2 Å². The summed E-state index contributed by atoms with van der Waals surface area (Å²) in [5.74, 6) is 0.903. The molecule has 0 bridgehead atoms. The lowest BCUT2D eigenvalue weighted by Gasteiger charge is -2.24. The minimum absolute atomic E-state index is 0.206. The van der Waals surface area contributed by atoms with E-state index in [0.717, 1.165) is 30.8 Å². The van der Waals surface area contributed by atoms with Crippen LogP contribution in [0.4, 0.5) is 0 Å². The highest BCUT2D eigenvalue weighted by Gasteiger charge is 2.22. The topological polar surface area (TPSA) is 75.7 Å². The Morgan fingerprint density at radius 2 is 1.64 bits per heavy atom. The molecule has 0 aromatic heterocycles. The second-order valence-corrected chi connectivity index (χ2v) is 13.4. The molecule has 0 fully saturated rings. The van der Waals surface area contributed by atoms with Crippen LogP contribution < -0.4 is 10.5 Å². The monoisotopic (exact) mass is 367 g/mol. The Bertz CT molecular complexity index is 472. The number of unbranched alkanes of at least 4 members (excludes halogenated alkanes) is 1. The number of nitrogens with two attached hydrogens (primary N) is 1. The summed E-state index contributed by atoms with van der Waals surface area (Å²) >= 11 is 0. The van der Waals surface area contributed by atoms with Crippen LogP contribution in [0, 0.1) is 0 Å². The van der Waals surface area contributed by atoms with Gasteiger partial charge in [0.2, 0.25) is 0 Å². The molecule has 4 N–H and O–H groups in total. The molecule has 1 aromatic rings. The molecule has 1 aromatic carbocycles. The minimum Gasteiger partial charge on any atom is -0.494 e. The van der Waals surface area contributed by atoms with Gasteiger partial charge in [0.25, 0.3) is 0 Å². The van der Waals surface area contributed by atoms with E-state index < -0.39 is 13.6 Å². The van der Waals surface area contributed by atoms with Crippen LogP contribution >= 0.6 is 0 Å². The van der Waals surface area contributed by atoms with Crippen molar-refractivity contribution in [1.29, 1.82) is 0 Å². The van der Waals surface area contributed by atoms with Crippen LogP contribution in [0.25, 0.3) is 0 Å². The zero-order valence-corrected chi connectivity index (χ0v) is 17.3. The largest absolute Gasteiger partial charge is 0.494 e. The Morgan fingerprint density at radius 3 is 2.20 bits per heavy atom. The first-order valence-electron chi connectivity index (χ1n) is 9.56. The number of aliphatic hydroxyl groups excluding tert-OH is 2. The van der Waals surface area contributed by atoms with Crippen LogP contribution in [0.5, 0.6) is 5.75 Å². The van der Waals surface area contributed by atoms with Crippen molar-refractivity contribution in [3.63, 3.8) is 0 Å². The number of ether oxygens (including phenoxy) is 1. The summed E-state index contributed by atoms with van der Waals surface area (Å²) in [6.45, 7) is 7.59. The molecule has 0 atom stereocenters. The van der Waals surface area contributed by atoms with E-state index in [9.17, 15) is 10.2 Å². The first-order chi connectivity index (χ1) is 11.8. The normalized spacial score (nSPS) is 12.4.